The summed E-state index contributed by atoms with van der Waals surface area (Å²) >= 11 is 0. The average Bonchev–Trinajstić information content (AvgIpc) is 1.50. The van der Waals surface area contributed by atoms with Crippen LogP contribution in [0.1, 0.15) is 0 Å². The molecule has 0 saturated heterocycles. The third kappa shape index (κ3) is 2070. The van der Waals surface area contributed by atoms with Gasteiger partial charge in [-0.2, -0.15) is 0 Å². The Kier molecular flexibility index (Phi) is 86100. The Morgan fingerprint density at radius 3 is 0.300 bits per heavy atom. The topological polar surface area (TPSA) is 270 Å². The van der Waals surface area contributed by atoms with Crippen LogP contribution in [0.15, 0.2) is 0 Å². The van der Waals surface area contributed by atoms with Crippen LogP contribution in [0, 0.1) is 0 Å². The number of hydrogen-bond donors (Lipinski definition) is 4. The Balaban J connectivity index is -0.000000000833. The van der Waals surface area contributed by atoms with E-state index in [-0.39, 0.29) is 32.9 Å². The smallest absolute Gasteiger partial charge is 0.255 e. The fourth-order valence-corrected chi connectivity index (χ4v) is 0. The minimum atomic E-state index is 0. The first-order chi connectivity index (χ1) is 2.00. The van der Waals surface area contributed by atoms with Gasteiger partial charge in [-0.3, -0.25) is 21.0 Å². The van der Waals surface area contributed by atoms with Gasteiger partial charge < -0.3 is 32.9 Å². The van der Waals surface area contributed by atoms with Crippen molar-refractivity contribution in [2.24, 2.45) is 0 Å². The highest BCUT2D eigenvalue weighted by Crippen LogP contribution is 0.713. The highest BCUT2D eigenvalue weighted by Gasteiger charge is 0.747. The van der Waals surface area contributed by atoms with Crippen molar-refractivity contribution in [1.82, 2.24) is 0 Å². The van der Waals surface area contributed by atoms with Crippen molar-refractivity contribution in [1.29, 1.82) is 0 Å². The maximum Gasteiger partial charge on any atom is -0.255 e. The van der Waals surface area contributed by atoms with Crippen LogP contribution in [0.2, 0.25) is 0 Å². The van der Waals surface area contributed by atoms with E-state index >= 15 is 0 Å². The summed E-state index contributed by atoms with van der Waals surface area (Å²) in [5.41, 5.74) is 0. The molecule has 76 valence electrons. The summed E-state index contributed by atoms with van der Waals surface area (Å²) in [6.45, 7) is 0. The predicted octanol–water partition coefficient (Wildman–Crippen LogP) is -4.91. The lowest BCUT2D eigenvalue weighted by atomic mass is 15.0. The predicted molar refractivity (Wildman–Crippen MR) is 32.2 cm³/mol. The second-order valence-corrected chi connectivity index (χ2v) is 0. The summed E-state index contributed by atoms with van der Waals surface area (Å²) in [7, 11) is 0. The first kappa shape index (κ1) is 277. The first-order valence-electron chi connectivity index (χ1n) is 0.400. The van der Waals surface area contributed by atoms with Crippen molar-refractivity contribution in [3.63, 3.8) is 0 Å². The van der Waals surface area contributed by atoms with E-state index in [2.05, 4.69) is 0 Å². The van der Waals surface area contributed by atoms with E-state index in [1.54, 1.807) is 0 Å². The van der Waals surface area contributed by atoms with Gasteiger partial charge in [0, 0.05) is 0 Å². The third-order valence-electron chi connectivity index (χ3n) is 0. The maximum atomic E-state index is 6.00. The number of rotatable bonds is 0. The second kappa shape index (κ2) is 3100. The molecule has 0 aromatic rings. The van der Waals surface area contributed by atoms with E-state index in [0.717, 1.165) is 0 Å². The minimum absolute atomic E-state index is 0. The van der Waals surface area contributed by atoms with Gasteiger partial charge in [0.15, 0.2) is 0 Å². The lowest BCUT2D eigenvalue weighted by Gasteiger charge is -1.25. The summed E-state index contributed by atoms with van der Waals surface area (Å²) in [6.07, 6.45) is 0. The second-order valence-electron chi connectivity index (χ2n) is 0. The van der Waals surface area contributed by atoms with Gasteiger partial charge in [-0.1, -0.05) is 0 Å². The van der Waals surface area contributed by atoms with Gasteiger partial charge in [-0.15, -0.1) is 0 Å². The summed E-state index contributed by atoms with van der Waals surface area (Å²) in [5.74, 6) is 0. The summed E-state index contributed by atoms with van der Waals surface area (Å²) in [5, 5.41) is 24.0. The molecule has 0 fully saturated rings. The molecule has 10 nitrogen and oxygen atoms in total. The molecule has 0 spiro atoms. The zero-order valence-corrected chi connectivity index (χ0v) is 4.79. The van der Waals surface area contributed by atoms with Crippen LogP contribution in [0.4, 0.5) is 0 Å². The lowest BCUT2D eigenvalue weighted by molar-refractivity contribution is -0.176. The Morgan fingerprint density at radius 2 is 0.300 bits per heavy atom. The quantitative estimate of drug-likeness (QED) is 0.208. The van der Waals surface area contributed by atoms with Gasteiger partial charge in [0.1, 0.15) is 0 Å². The Bertz CT molecular complexity index is 0. The lowest BCUT2D eigenvalue weighted by Crippen LogP contribution is -1.29. The Hall–Kier alpha value is -0.400. The highest BCUT2D eigenvalue weighted by molar-refractivity contribution is 1.83. The molecule has 10 heteroatoms. The SMILES string of the molecule is O.O.O.O.O.O.OO.OO. The van der Waals surface area contributed by atoms with E-state index in [1.165, 1.54) is 0 Å². The minimum Gasteiger partial charge on any atom is -0.412 e. The van der Waals surface area contributed by atoms with Crippen molar-refractivity contribution in [3.8, 4) is 0 Å². The summed E-state index contributed by atoms with van der Waals surface area (Å²) in [6, 6.07) is 0. The maximum absolute atomic E-state index is 6.00. The molecule has 0 aromatic carbocycles. The van der Waals surface area contributed by atoms with Crippen LogP contribution in [0.5, 0.6) is 0 Å². The van der Waals surface area contributed by atoms with Gasteiger partial charge in [-0.25, -0.2) is 0 Å². The zero-order valence-electron chi connectivity index (χ0n) is 4.79. The van der Waals surface area contributed by atoms with Crippen molar-refractivity contribution < 1.29 is 53.9 Å². The molecular weight excluding hydrogens is 160 g/mol. The van der Waals surface area contributed by atoms with Gasteiger partial charge in [0.2, 0.25) is 0 Å². The molecule has 0 bridgehead atoms. The molecular formula is H16O10. The fourth-order valence-electron chi connectivity index (χ4n) is 0. The first-order valence-corrected chi connectivity index (χ1v) is 0.400. The monoisotopic (exact) mass is 176 g/mol. The van der Waals surface area contributed by atoms with Gasteiger partial charge in [0.05, 0.1) is 0 Å². The zero-order chi connectivity index (χ0) is 4.00. The Morgan fingerprint density at radius 1 is 0.300 bits per heavy atom. The van der Waals surface area contributed by atoms with Crippen LogP contribution in [-0.2, 0) is 0 Å². The molecule has 0 atom stereocenters. The third-order valence-corrected chi connectivity index (χ3v) is 0. The van der Waals surface area contributed by atoms with Crippen LogP contribution in [0.25, 0.3) is 0 Å². The molecule has 10 heavy (non-hydrogen) atoms. The highest BCUT2D eigenvalue weighted by atomic mass is 17.0. The van der Waals surface area contributed by atoms with E-state index in [0.29, 0.717) is 0 Å². The molecule has 16 N–H and O–H groups in total. The molecule has 0 aromatic heterocycles. The molecule has 0 saturated carbocycles. The summed E-state index contributed by atoms with van der Waals surface area (Å²) < 4.78 is 0. The largest absolute Gasteiger partial charge is 0.412 e. The van der Waals surface area contributed by atoms with E-state index in [4.69, 9.17) is 21.0 Å². The van der Waals surface area contributed by atoms with E-state index in [9.17, 15) is 0 Å². The summed E-state index contributed by atoms with van der Waals surface area (Å²) in [4.78, 5) is 0. The fraction of sp³-hybridized carbons (Fsp3) is 0. The van der Waals surface area contributed by atoms with Crippen molar-refractivity contribution >= 4 is 0 Å². The molecule has 0 unspecified atom stereocenters. The molecule has 0 rings (SSSR count). The molecule has 0 radical (unpaired) electrons. The van der Waals surface area contributed by atoms with Crippen molar-refractivity contribution in [2.45, 2.75) is 0 Å². The molecule has 0 aliphatic rings. The van der Waals surface area contributed by atoms with E-state index in [1.807, 2.05) is 0 Å². The van der Waals surface area contributed by atoms with Gasteiger partial charge >= 0.3 is 0 Å². The standard InChI is InChI=1S/2H2O2.6H2O/c2*1-2;;;;;;/h2*1-2H;6*1H2. The molecule has 0 aliphatic carbocycles. The Labute approximate surface area is 55.3 Å². The van der Waals surface area contributed by atoms with Crippen LogP contribution in [-0.4, -0.2) is 53.9 Å². The molecule has 0 amide bonds. The van der Waals surface area contributed by atoms with Crippen LogP contribution >= 0.6 is 0 Å². The van der Waals surface area contributed by atoms with Crippen molar-refractivity contribution in [3.05, 3.63) is 0 Å². The van der Waals surface area contributed by atoms with E-state index < -0.39 is 0 Å². The average molecular weight is 176 g/mol. The van der Waals surface area contributed by atoms with Crippen LogP contribution in [0.3, 0.4) is 0 Å². The molecule has 0 heterocycles. The van der Waals surface area contributed by atoms with Crippen LogP contribution < -0.4 is 0 Å². The van der Waals surface area contributed by atoms with Crippen molar-refractivity contribution in [2.75, 3.05) is 0 Å². The molecule has 0 aliphatic heterocycles. The normalized spacial score (nSPS) is 1.20. The van der Waals surface area contributed by atoms with Gasteiger partial charge in [0.25, 0.3) is 0 Å². The number of hydrogen-bond acceptors (Lipinski definition) is 4. The van der Waals surface area contributed by atoms with Gasteiger partial charge in [-0.05, 0) is 0 Å².